The van der Waals surface area contributed by atoms with E-state index in [1.165, 1.54) is 0 Å². The normalized spacial score (nSPS) is 20.6. The van der Waals surface area contributed by atoms with Gasteiger partial charge in [0.1, 0.15) is 11.1 Å². The predicted molar refractivity (Wildman–Crippen MR) is 66.4 cm³/mol. The molecule has 0 spiro atoms. The van der Waals surface area contributed by atoms with Crippen molar-refractivity contribution in [2.75, 3.05) is 32.8 Å². The quantitative estimate of drug-likeness (QED) is 0.733. The molecule has 6 heteroatoms. The number of rotatable bonds is 3. The largest absolute Gasteiger partial charge is 0.391 e. The van der Waals surface area contributed by atoms with Gasteiger partial charge >= 0.3 is 6.03 Å². The molecule has 0 aliphatic carbocycles. The summed E-state index contributed by atoms with van der Waals surface area (Å²) in [7, 11) is 0. The number of carbonyl (C=O) groups is 1. The standard InChI is InChI=1S/C10H19N3O2S/c1-3-12(4-2)10(14)13-5-6-15-8(7-13)9(11)16/h8H,3-7H2,1-2H3,(H2,11,16). The summed E-state index contributed by atoms with van der Waals surface area (Å²) < 4.78 is 5.39. The number of hydrogen-bond donors (Lipinski definition) is 1. The molecular formula is C10H19N3O2S. The van der Waals surface area contributed by atoms with E-state index in [-0.39, 0.29) is 12.1 Å². The van der Waals surface area contributed by atoms with Gasteiger partial charge in [0.25, 0.3) is 0 Å². The lowest BCUT2D eigenvalue weighted by molar-refractivity contribution is 0.0158. The van der Waals surface area contributed by atoms with Crippen LogP contribution in [0.3, 0.4) is 0 Å². The topological polar surface area (TPSA) is 58.8 Å². The molecule has 0 radical (unpaired) electrons. The minimum atomic E-state index is -0.303. The summed E-state index contributed by atoms with van der Waals surface area (Å²) in [5, 5.41) is 0. The Labute approximate surface area is 102 Å². The van der Waals surface area contributed by atoms with Gasteiger partial charge in [-0.1, -0.05) is 12.2 Å². The van der Waals surface area contributed by atoms with Crippen molar-refractivity contribution < 1.29 is 9.53 Å². The molecule has 2 N–H and O–H groups in total. The fourth-order valence-corrected chi connectivity index (χ4v) is 1.83. The van der Waals surface area contributed by atoms with E-state index in [9.17, 15) is 4.79 Å². The molecule has 1 aliphatic rings. The van der Waals surface area contributed by atoms with Gasteiger partial charge in [-0.2, -0.15) is 0 Å². The smallest absolute Gasteiger partial charge is 0.320 e. The average Bonchev–Trinajstić information content (AvgIpc) is 2.30. The van der Waals surface area contributed by atoms with E-state index >= 15 is 0 Å². The minimum absolute atomic E-state index is 0.0366. The first-order valence-electron chi connectivity index (χ1n) is 5.54. The Kier molecular flexibility index (Phi) is 4.95. The van der Waals surface area contributed by atoms with Crippen LogP contribution >= 0.6 is 12.2 Å². The lowest BCUT2D eigenvalue weighted by atomic mass is 10.3. The Morgan fingerprint density at radius 3 is 2.69 bits per heavy atom. The second-order valence-corrected chi connectivity index (χ2v) is 4.13. The fourth-order valence-electron chi connectivity index (χ4n) is 1.69. The van der Waals surface area contributed by atoms with E-state index in [4.69, 9.17) is 22.7 Å². The van der Waals surface area contributed by atoms with E-state index in [0.717, 1.165) is 0 Å². The number of nitrogens with two attached hydrogens (primary N) is 1. The van der Waals surface area contributed by atoms with Gasteiger partial charge in [0.15, 0.2) is 0 Å². The number of amides is 2. The highest BCUT2D eigenvalue weighted by Crippen LogP contribution is 2.08. The second kappa shape index (κ2) is 6.00. The summed E-state index contributed by atoms with van der Waals surface area (Å²) in [5.74, 6) is 0. The third-order valence-corrected chi connectivity index (χ3v) is 2.95. The summed E-state index contributed by atoms with van der Waals surface area (Å²) in [6.07, 6.45) is -0.303. The van der Waals surface area contributed by atoms with E-state index in [1.807, 2.05) is 13.8 Å². The Hall–Kier alpha value is -0.880. The van der Waals surface area contributed by atoms with Crippen molar-refractivity contribution in [3.63, 3.8) is 0 Å². The summed E-state index contributed by atoms with van der Waals surface area (Å²) >= 11 is 4.88. The number of urea groups is 1. The van der Waals surface area contributed by atoms with Gasteiger partial charge in [0.05, 0.1) is 13.2 Å². The van der Waals surface area contributed by atoms with Gasteiger partial charge in [-0.15, -0.1) is 0 Å². The number of ether oxygens (including phenoxy) is 1. The van der Waals surface area contributed by atoms with E-state index in [2.05, 4.69) is 0 Å². The van der Waals surface area contributed by atoms with Crippen LogP contribution in [0.4, 0.5) is 4.79 Å². The molecule has 92 valence electrons. The Morgan fingerprint density at radius 2 is 2.19 bits per heavy atom. The summed E-state index contributed by atoms with van der Waals surface area (Å²) in [5.41, 5.74) is 5.53. The molecule has 1 rings (SSSR count). The Balaban J connectivity index is 2.59. The van der Waals surface area contributed by atoms with Crippen LogP contribution in [0.5, 0.6) is 0 Å². The molecule has 1 saturated heterocycles. The number of nitrogens with zero attached hydrogens (tertiary/aromatic N) is 2. The Bertz CT molecular complexity index is 269. The maximum atomic E-state index is 12.0. The molecule has 5 nitrogen and oxygen atoms in total. The molecule has 0 aromatic carbocycles. The maximum absolute atomic E-state index is 12.0. The predicted octanol–water partition coefficient (Wildman–Crippen LogP) is 0.435. The molecule has 0 aromatic rings. The van der Waals surface area contributed by atoms with Crippen LogP contribution in [0.15, 0.2) is 0 Å². The third-order valence-electron chi connectivity index (χ3n) is 2.69. The monoisotopic (exact) mass is 245 g/mol. The van der Waals surface area contributed by atoms with E-state index in [0.29, 0.717) is 37.8 Å². The zero-order valence-corrected chi connectivity index (χ0v) is 10.6. The highest BCUT2D eigenvalue weighted by molar-refractivity contribution is 7.80. The summed E-state index contributed by atoms with van der Waals surface area (Å²) in [4.78, 5) is 15.9. The highest BCUT2D eigenvalue weighted by atomic mass is 32.1. The van der Waals surface area contributed by atoms with Crippen molar-refractivity contribution >= 4 is 23.2 Å². The molecule has 0 bridgehead atoms. The zero-order chi connectivity index (χ0) is 12.1. The first kappa shape index (κ1) is 13.2. The number of hydrogen-bond acceptors (Lipinski definition) is 3. The van der Waals surface area contributed by atoms with Crippen LogP contribution in [-0.2, 0) is 4.74 Å². The first-order chi connectivity index (χ1) is 7.60. The van der Waals surface area contributed by atoms with Crippen LogP contribution in [0.1, 0.15) is 13.8 Å². The van der Waals surface area contributed by atoms with Crippen molar-refractivity contribution in [1.82, 2.24) is 9.80 Å². The maximum Gasteiger partial charge on any atom is 0.320 e. The van der Waals surface area contributed by atoms with Gasteiger partial charge in [-0.25, -0.2) is 4.79 Å². The highest BCUT2D eigenvalue weighted by Gasteiger charge is 2.27. The van der Waals surface area contributed by atoms with Gasteiger partial charge in [0.2, 0.25) is 0 Å². The van der Waals surface area contributed by atoms with Crippen LogP contribution in [-0.4, -0.2) is 59.7 Å². The SMILES string of the molecule is CCN(CC)C(=O)N1CCOC(C(N)=S)C1. The fraction of sp³-hybridized carbons (Fsp3) is 0.800. The molecule has 16 heavy (non-hydrogen) atoms. The van der Waals surface area contributed by atoms with Gasteiger partial charge in [-0.05, 0) is 13.8 Å². The molecule has 0 saturated carbocycles. The van der Waals surface area contributed by atoms with Crippen LogP contribution in [0.2, 0.25) is 0 Å². The van der Waals surface area contributed by atoms with Gasteiger partial charge in [0, 0.05) is 19.6 Å². The molecule has 1 fully saturated rings. The zero-order valence-electron chi connectivity index (χ0n) is 9.81. The molecular weight excluding hydrogens is 226 g/mol. The Morgan fingerprint density at radius 1 is 1.56 bits per heavy atom. The van der Waals surface area contributed by atoms with Crippen LogP contribution < -0.4 is 5.73 Å². The van der Waals surface area contributed by atoms with Crippen LogP contribution in [0, 0.1) is 0 Å². The van der Waals surface area contributed by atoms with Crippen LogP contribution in [0.25, 0.3) is 0 Å². The van der Waals surface area contributed by atoms with Crippen molar-refractivity contribution in [3.8, 4) is 0 Å². The molecule has 1 heterocycles. The summed E-state index contributed by atoms with van der Waals surface area (Å²) in [6.45, 7) is 6.92. The van der Waals surface area contributed by atoms with E-state index < -0.39 is 0 Å². The molecule has 2 amide bonds. The summed E-state index contributed by atoms with van der Waals surface area (Å²) in [6, 6.07) is 0.0366. The second-order valence-electron chi connectivity index (χ2n) is 3.66. The average molecular weight is 245 g/mol. The van der Waals surface area contributed by atoms with Crippen molar-refractivity contribution in [1.29, 1.82) is 0 Å². The first-order valence-corrected chi connectivity index (χ1v) is 5.95. The molecule has 1 unspecified atom stereocenters. The molecule has 1 aliphatic heterocycles. The lowest BCUT2D eigenvalue weighted by Gasteiger charge is -2.35. The third kappa shape index (κ3) is 3.05. The van der Waals surface area contributed by atoms with Gasteiger partial charge in [-0.3, -0.25) is 0 Å². The molecule has 1 atom stereocenters. The number of carbonyl (C=O) groups excluding carboxylic acids is 1. The number of thiocarbonyl (C=S) groups is 1. The minimum Gasteiger partial charge on any atom is -0.391 e. The number of morpholine rings is 1. The lowest BCUT2D eigenvalue weighted by Crippen LogP contribution is -2.53. The molecule has 0 aromatic heterocycles. The van der Waals surface area contributed by atoms with Crippen molar-refractivity contribution in [3.05, 3.63) is 0 Å². The van der Waals surface area contributed by atoms with E-state index in [1.54, 1.807) is 9.80 Å². The van der Waals surface area contributed by atoms with Gasteiger partial charge < -0.3 is 20.3 Å². The van der Waals surface area contributed by atoms with Crippen molar-refractivity contribution in [2.45, 2.75) is 20.0 Å². The van der Waals surface area contributed by atoms with Crippen molar-refractivity contribution in [2.24, 2.45) is 5.73 Å².